The smallest absolute Gasteiger partial charge is 0.292 e. The third kappa shape index (κ3) is 5.69. The van der Waals surface area contributed by atoms with E-state index in [0.717, 1.165) is 0 Å². The molecule has 0 spiro atoms. The molecule has 0 saturated carbocycles. The molecule has 0 unspecified atom stereocenters. The molecule has 0 aromatic heterocycles. The van der Waals surface area contributed by atoms with E-state index in [9.17, 15) is 0 Å². The van der Waals surface area contributed by atoms with Crippen molar-refractivity contribution in [2.24, 2.45) is 0 Å². The summed E-state index contributed by atoms with van der Waals surface area (Å²) in [5, 5.41) is 0. The maximum atomic E-state index is 5.50. The molecule has 82 valence electrons. The van der Waals surface area contributed by atoms with Crippen molar-refractivity contribution in [2.45, 2.75) is 70.4 Å². The lowest BCUT2D eigenvalue weighted by molar-refractivity contribution is 0.410. The molecule has 1 nitrogen and oxygen atoms in total. The van der Waals surface area contributed by atoms with E-state index in [0.29, 0.717) is 6.92 Å². The second-order valence-electron chi connectivity index (χ2n) is 4.62. The normalized spacial score (nSPS) is 22.5. The standard InChI is InChI=1S/C12H25BO/c1-14-13-11-9-7-5-3-2-4-6-8-10-12-13/h2-12H2,1H3. The lowest BCUT2D eigenvalue weighted by atomic mass is 9.59. The zero-order chi connectivity index (χ0) is 10.1. The topological polar surface area (TPSA) is 9.23 Å². The van der Waals surface area contributed by atoms with Gasteiger partial charge < -0.3 is 4.65 Å². The highest BCUT2D eigenvalue weighted by atomic mass is 16.4. The first-order chi connectivity index (χ1) is 6.93. The lowest BCUT2D eigenvalue weighted by Gasteiger charge is -2.12. The Morgan fingerprint density at radius 1 is 0.643 bits per heavy atom. The van der Waals surface area contributed by atoms with E-state index in [4.69, 9.17) is 4.65 Å². The average molecular weight is 196 g/mol. The molecule has 14 heavy (non-hydrogen) atoms. The highest BCUT2D eigenvalue weighted by Gasteiger charge is 2.12. The van der Waals surface area contributed by atoms with Crippen LogP contribution in [-0.4, -0.2) is 14.0 Å². The molecular weight excluding hydrogens is 171 g/mol. The van der Waals surface area contributed by atoms with Gasteiger partial charge in [-0.05, 0) is 12.6 Å². The van der Waals surface area contributed by atoms with Gasteiger partial charge in [0.1, 0.15) is 0 Å². The summed E-state index contributed by atoms with van der Waals surface area (Å²) in [5.41, 5.74) is 0. The third-order valence-corrected chi connectivity index (χ3v) is 3.39. The van der Waals surface area contributed by atoms with Gasteiger partial charge in [-0.3, -0.25) is 0 Å². The van der Waals surface area contributed by atoms with E-state index in [2.05, 4.69) is 0 Å². The van der Waals surface area contributed by atoms with Crippen LogP contribution in [0.2, 0.25) is 12.6 Å². The van der Waals surface area contributed by atoms with Gasteiger partial charge in [0.2, 0.25) is 0 Å². The molecule has 1 aliphatic rings. The Morgan fingerprint density at radius 2 is 1.00 bits per heavy atom. The van der Waals surface area contributed by atoms with Gasteiger partial charge in [0.05, 0.1) is 0 Å². The molecule has 2 heteroatoms. The molecule has 0 atom stereocenters. The van der Waals surface area contributed by atoms with Crippen molar-refractivity contribution >= 4 is 6.92 Å². The number of hydrogen-bond acceptors (Lipinski definition) is 1. The maximum Gasteiger partial charge on any atom is 0.292 e. The maximum absolute atomic E-state index is 5.50. The number of rotatable bonds is 1. The first-order valence-corrected chi connectivity index (χ1v) is 6.46. The van der Waals surface area contributed by atoms with Crippen LogP contribution < -0.4 is 0 Å². The lowest BCUT2D eigenvalue weighted by Crippen LogP contribution is -2.15. The number of hydrogen-bond donors (Lipinski definition) is 0. The Kier molecular flexibility index (Phi) is 7.21. The van der Waals surface area contributed by atoms with Crippen molar-refractivity contribution in [1.29, 1.82) is 0 Å². The van der Waals surface area contributed by atoms with Crippen molar-refractivity contribution < 1.29 is 4.65 Å². The zero-order valence-electron chi connectivity index (χ0n) is 9.76. The van der Waals surface area contributed by atoms with Crippen LogP contribution in [0.1, 0.15) is 57.8 Å². The molecule has 0 radical (unpaired) electrons. The Balaban J connectivity index is 2.17. The first kappa shape index (κ1) is 12.1. The molecule has 0 aromatic rings. The molecule has 0 N–H and O–H groups in total. The van der Waals surface area contributed by atoms with Crippen molar-refractivity contribution in [2.75, 3.05) is 7.11 Å². The Bertz CT molecular complexity index is 115. The highest BCUT2D eigenvalue weighted by molar-refractivity contribution is 6.51. The fourth-order valence-electron chi connectivity index (χ4n) is 2.36. The van der Waals surface area contributed by atoms with E-state index in [-0.39, 0.29) is 0 Å². The summed E-state index contributed by atoms with van der Waals surface area (Å²) >= 11 is 0. The van der Waals surface area contributed by atoms with Gasteiger partial charge in [-0.15, -0.1) is 0 Å². The van der Waals surface area contributed by atoms with Gasteiger partial charge in [0.15, 0.2) is 0 Å². The van der Waals surface area contributed by atoms with E-state index < -0.39 is 0 Å². The van der Waals surface area contributed by atoms with Crippen LogP contribution in [0, 0.1) is 0 Å². The highest BCUT2D eigenvalue weighted by Crippen LogP contribution is 2.17. The molecule has 0 aromatic carbocycles. The minimum Gasteiger partial charge on any atom is -0.439 e. The van der Waals surface area contributed by atoms with Gasteiger partial charge in [-0.2, -0.15) is 0 Å². The summed E-state index contributed by atoms with van der Waals surface area (Å²) in [7, 11) is 1.87. The predicted molar refractivity (Wildman–Crippen MR) is 63.9 cm³/mol. The Labute approximate surface area is 89.7 Å². The monoisotopic (exact) mass is 196 g/mol. The predicted octanol–water partition coefficient (Wildman–Crippen LogP) is 4.15. The average Bonchev–Trinajstić information content (AvgIpc) is 2.19. The summed E-state index contributed by atoms with van der Waals surface area (Å²) in [6.45, 7) is 0.550. The van der Waals surface area contributed by atoms with Crippen LogP contribution in [0.4, 0.5) is 0 Å². The molecule has 0 amide bonds. The van der Waals surface area contributed by atoms with E-state index in [1.807, 2.05) is 7.11 Å². The molecule has 1 aliphatic heterocycles. The first-order valence-electron chi connectivity index (χ1n) is 6.46. The molecular formula is C12H25BO. The van der Waals surface area contributed by atoms with Gasteiger partial charge in [0, 0.05) is 7.11 Å². The van der Waals surface area contributed by atoms with Crippen molar-refractivity contribution in [3.8, 4) is 0 Å². The fraction of sp³-hybridized carbons (Fsp3) is 1.00. The van der Waals surface area contributed by atoms with Crippen LogP contribution in [0.3, 0.4) is 0 Å². The molecule has 1 rings (SSSR count). The summed E-state index contributed by atoms with van der Waals surface area (Å²) in [4.78, 5) is 0. The summed E-state index contributed by atoms with van der Waals surface area (Å²) in [6.07, 6.45) is 15.4. The minimum absolute atomic E-state index is 0.550. The van der Waals surface area contributed by atoms with Gasteiger partial charge in [-0.25, -0.2) is 0 Å². The second kappa shape index (κ2) is 8.34. The minimum atomic E-state index is 0.550. The Hall–Kier alpha value is 0.0249. The van der Waals surface area contributed by atoms with Crippen molar-refractivity contribution in [1.82, 2.24) is 0 Å². The van der Waals surface area contributed by atoms with Crippen molar-refractivity contribution in [3.63, 3.8) is 0 Å². The molecule has 1 heterocycles. The van der Waals surface area contributed by atoms with Crippen LogP contribution in [-0.2, 0) is 4.65 Å². The van der Waals surface area contributed by atoms with E-state index in [1.54, 1.807) is 0 Å². The molecule has 0 bridgehead atoms. The van der Waals surface area contributed by atoms with E-state index in [1.165, 1.54) is 70.4 Å². The SMILES string of the molecule is COB1CCCCCCCCCCC1. The fourth-order valence-corrected chi connectivity index (χ4v) is 2.36. The van der Waals surface area contributed by atoms with E-state index >= 15 is 0 Å². The van der Waals surface area contributed by atoms with Gasteiger partial charge in [-0.1, -0.05) is 57.8 Å². The van der Waals surface area contributed by atoms with Crippen LogP contribution in [0.25, 0.3) is 0 Å². The van der Waals surface area contributed by atoms with Gasteiger partial charge in [0.25, 0.3) is 6.92 Å². The Morgan fingerprint density at radius 3 is 1.36 bits per heavy atom. The third-order valence-electron chi connectivity index (χ3n) is 3.39. The largest absolute Gasteiger partial charge is 0.439 e. The van der Waals surface area contributed by atoms with Crippen molar-refractivity contribution in [3.05, 3.63) is 0 Å². The van der Waals surface area contributed by atoms with Gasteiger partial charge >= 0.3 is 0 Å². The summed E-state index contributed by atoms with van der Waals surface area (Å²) in [5.74, 6) is 0. The van der Waals surface area contributed by atoms with Crippen LogP contribution in [0.5, 0.6) is 0 Å². The zero-order valence-corrected chi connectivity index (χ0v) is 9.76. The second-order valence-corrected chi connectivity index (χ2v) is 4.62. The summed E-state index contributed by atoms with van der Waals surface area (Å²) in [6, 6.07) is 0. The van der Waals surface area contributed by atoms with Crippen LogP contribution in [0.15, 0.2) is 0 Å². The molecule has 1 fully saturated rings. The molecule has 0 aliphatic carbocycles. The van der Waals surface area contributed by atoms with Crippen LogP contribution >= 0.6 is 0 Å². The summed E-state index contributed by atoms with van der Waals surface area (Å²) < 4.78 is 5.50. The quantitative estimate of drug-likeness (QED) is 0.572. The molecule has 1 saturated heterocycles.